The summed E-state index contributed by atoms with van der Waals surface area (Å²) in [7, 11) is 1.76. The second-order valence-corrected chi connectivity index (χ2v) is 13.7. The summed E-state index contributed by atoms with van der Waals surface area (Å²) in [4.78, 5) is 31.8. The van der Waals surface area contributed by atoms with Crippen LogP contribution < -0.4 is 4.74 Å². The highest BCUT2D eigenvalue weighted by Crippen LogP contribution is 2.44. The van der Waals surface area contributed by atoms with E-state index in [4.69, 9.17) is 9.72 Å². The predicted molar refractivity (Wildman–Crippen MR) is 157 cm³/mol. The molecule has 1 aliphatic heterocycles. The second kappa shape index (κ2) is 11.2. The van der Waals surface area contributed by atoms with Crippen LogP contribution in [0, 0.1) is 6.92 Å². The van der Waals surface area contributed by atoms with Crippen LogP contribution in [0.2, 0.25) is 0 Å². The molecular formula is C31H42N4O3S. The van der Waals surface area contributed by atoms with Crippen molar-refractivity contribution in [3.8, 4) is 16.3 Å². The van der Waals surface area contributed by atoms with Crippen molar-refractivity contribution in [2.75, 3.05) is 20.2 Å². The first-order chi connectivity index (χ1) is 18.3. The number of benzene rings is 1. The van der Waals surface area contributed by atoms with Crippen LogP contribution in [0.4, 0.5) is 0 Å². The largest absolute Gasteiger partial charge is 0.496 e. The minimum atomic E-state index is -0.0638. The topological polar surface area (TPSA) is 77.3 Å². The molecule has 0 spiro atoms. The number of aldehydes is 1. The van der Waals surface area contributed by atoms with Crippen molar-refractivity contribution >= 4 is 23.5 Å². The van der Waals surface area contributed by atoms with Crippen molar-refractivity contribution in [1.82, 2.24) is 19.7 Å². The molecule has 7 nitrogen and oxygen atoms in total. The molecule has 0 atom stereocenters. The predicted octanol–water partition coefficient (Wildman–Crippen LogP) is 6.07. The van der Waals surface area contributed by atoms with Gasteiger partial charge in [-0.25, -0.2) is 4.98 Å². The number of thiazole rings is 1. The van der Waals surface area contributed by atoms with E-state index in [9.17, 15) is 9.59 Å². The Morgan fingerprint density at radius 3 is 2.26 bits per heavy atom. The van der Waals surface area contributed by atoms with Crippen LogP contribution in [0.15, 0.2) is 24.5 Å². The summed E-state index contributed by atoms with van der Waals surface area (Å²) in [5.74, 6) is 1.44. The van der Waals surface area contributed by atoms with Crippen molar-refractivity contribution in [1.29, 1.82) is 0 Å². The van der Waals surface area contributed by atoms with Crippen LogP contribution in [0.25, 0.3) is 10.6 Å². The highest BCUT2D eigenvalue weighted by atomic mass is 32.1. The summed E-state index contributed by atoms with van der Waals surface area (Å²) in [6, 6.07) is 4.49. The van der Waals surface area contributed by atoms with Crippen molar-refractivity contribution < 1.29 is 14.3 Å². The molecule has 3 aromatic rings. The minimum Gasteiger partial charge on any atom is -0.496 e. The lowest BCUT2D eigenvalue weighted by molar-refractivity contribution is -0.133. The van der Waals surface area contributed by atoms with E-state index in [0.717, 1.165) is 59.8 Å². The zero-order chi connectivity index (χ0) is 28.5. The number of piperidine rings is 1. The van der Waals surface area contributed by atoms with Crippen molar-refractivity contribution in [2.45, 2.75) is 91.0 Å². The SMILES string of the molecule is COc1c(C(C)(C)C)cc(-c2ncc(C3CCN(C(=O)Cn4cc(C)c(CC=O)n4)CC3)s2)cc1C(C)(C)C. The molecule has 3 heterocycles. The Labute approximate surface area is 236 Å². The smallest absolute Gasteiger partial charge is 0.244 e. The molecule has 0 unspecified atom stereocenters. The summed E-state index contributed by atoms with van der Waals surface area (Å²) < 4.78 is 7.59. The maximum absolute atomic E-state index is 12.9. The van der Waals surface area contributed by atoms with E-state index >= 15 is 0 Å². The van der Waals surface area contributed by atoms with Crippen LogP contribution >= 0.6 is 11.3 Å². The van der Waals surface area contributed by atoms with Gasteiger partial charge in [0.25, 0.3) is 0 Å². The van der Waals surface area contributed by atoms with E-state index < -0.39 is 0 Å². The van der Waals surface area contributed by atoms with E-state index in [1.807, 2.05) is 24.2 Å². The number of aryl methyl sites for hydroxylation is 1. The molecule has 4 rings (SSSR count). The van der Waals surface area contributed by atoms with Crippen LogP contribution in [0.5, 0.6) is 5.75 Å². The molecule has 0 aliphatic carbocycles. The fourth-order valence-electron chi connectivity index (χ4n) is 5.27. The third-order valence-electron chi connectivity index (χ3n) is 7.55. The van der Waals surface area contributed by atoms with Gasteiger partial charge in [-0.05, 0) is 54.2 Å². The van der Waals surface area contributed by atoms with Gasteiger partial charge in [0.15, 0.2) is 0 Å². The first-order valence-electron chi connectivity index (χ1n) is 13.7. The molecule has 1 amide bonds. The van der Waals surface area contributed by atoms with Gasteiger partial charge in [-0.1, -0.05) is 41.5 Å². The summed E-state index contributed by atoms with van der Waals surface area (Å²) in [5, 5.41) is 5.44. The van der Waals surface area contributed by atoms with Crippen LogP contribution in [0.1, 0.15) is 87.6 Å². The number of hydrogen-bond donors (Lipinski definition) is 0. The van der Waals surface area contributed by atoms with Gasteiger partial charge in [-0.15, -0.1) is 11.3 Å². The van der Waals surface area contributed by atoms with Gasteiger partial charge in [-0.3, -0.25) is 9.48 Å². The maximum atomic E-state index is 12.9. The molecule has 210 valence electrons. The van der Waals surface area contributed by atoms with Crippen LogP contribution in [-0.4, -0.2) is 52.1 Å². The van der Waals surface area contributed by atoms with E-state index in [1.54, 1.807) is 23.1 Å². The van der Waals surface area contributed by atoms with Gasteiger partial charge in [-0.2, -0.15) is 5.10 Å². The third kappa shape index (κ3) is 6.43. The monoisotopic (exact) mass is 550 g/mol. The number of hydrogen-bond acceptors (Lipinski definition) is 6. The van der Waals surface area contributed by atoms with E-state index in [-0.39, 0.29) is 29.7 Å². The molecule has 0 N–H and O–H groups in total. The first-order valence-corrected chi connectivity index (χ1v) is 14.6. The van der Waals surface area contributed by atoms with Crippen molar-refractivity contribution in [2.24, 2.45) is 0 Å². The van der Waals surface area contributed by atoms with E-state index in [2.05, 4.69) is 58.8 Å². The highest BCUT2D eigenvalue weighted by molar-refractivity contribution is 7.15. The Bertz CT molecular complexity index is 1300. The third-order valence-corrected chi connectivity index (χ3v) is 8.76. The normalized spacial score (nSPS) is 15.0. The van der Waals surface area contributed by atoms with E-state index in [1.165, 1.54) is 16.0 Å². The number of rotatable bonds is 7. The molecule has 8 heteroatoms. The van der Waals surface area contributed by atoms with Gasteiger partial charge in [0.2, 0.25) is 5.91 Å². The van der Waals surface area contributed by atoms with Gasteiger partial charge in [0.1, 0.15) is 23.6 Å². The summed E-state index contributed by atoms with van der Waals surface area (Å²) >= 11 is 1.77. The lowest BCUT2D eigenvalue weighted by Crippen LogP contribution is -2.39. The number of methoxy groups -OCH3 is 1. The number of ether oxygens (including phenoxy) is 1. The molecule has 0 radical (unpaired) electrons. The number of amides is 1. The Hall–Kier alpha value is -3.00. The molecule has 1 fully saturated rings. The Kier molecular flexibility index (Phi) is 8.36. The summed E-state index contributed by atoms with van der Waals surface area (Å²) in [6.45, 7) is 16.9. The average Bonchev–Trinajstić information content (AvgIpc) is 3.49. The fourth-order valence-corrected chi connectivity index (χ4v) is 6.34. The van der Waals surface area contributed by atoms with Gasteiger partial charge in [0.05, 0.1) is 12.8 Å². The average molecular weight is 551 g/mol. The fraction of sp³-hybridized carbons (Fsp3) is 0.548. The summed E-state index contributed by atoms with van der Waals surface area (Å²) in [6.07, 6.45) is 6.84. The number of nitrogens with zero attached hydrogens (tertiary/aromatic N) is 4. The van der Waals surface area contributed by atoms with Crippen molar-refractivity contribution in [3.05, 3.63) is 51.8 Å². The Balaban J connectivity index is 1.48. The lowest BCUT2D eigenvalue weighted by atomic mass is 9.78. The number of carbonyl (C=O) groups excluding carboxylic acids is 2. The van der Waals surface area contributed by atoms with Gasteiger partial charge in [0, 0.05) is 53.5 Å². The van der Waals surface area contributed by atoms with Gasteiger partial charge >= 0.3 is 0 Å². The van der Waals surface area contributed by atoms with E-state index in [0.29, 0.717) is 5.92 Å². The van der Waals surface area contributed by atoms with Crippen molar-refractivity contribution in [3.63, 3.8) is 0 Å². The zero-order valence-electron chi connectivity index (χ0n) is 24.6. The summed E-state index contributed by atoms with van der Waals surface area (Å²) in [5.41, 5.74) is 5.08. The lowest BCUT2D eigenvalue weighted by Gasteiger charge is -2.31. The number of aromatic nitrogens is 3. The highest BCUT2D eigenvalue weighted by Gasteiger charge is 2.29. The quantitative estimate of drug-likeness (QED) is 0.334. The maximum Gasteiger partial charge on any atom is 0.244 e. The van der Waals surface area contributed by atoms with Gasteiger partial charge < -0.3 is 14.4 Å². The minimum absolute atomic E-state index is 0.0638. The molecule has 1 aromatic carbocycles. The first kappa shape index (κ1) is 29.0. The molecule has 1 aliphatic rings. The zero-order valence-corrected chi connectivity index (χ0v) is 25.4. The Morgan fingerprint density at radius 2 is 1.72 bits per heavy atom. The molecular weight excluding hydrogens is 508 g/mol. The Morgan fingerprint density at radius 1 is 1.10 bits per heavy atom. The molecule has 0 bridgehead atoms. The standard InChI is InChI=1S/C31H42N4O3S/c1-20-18-35(33-25(20)11-14-36)19-27(37)34-12-9-21(10-13-34)26-17-32-29(39-26)22-15-23(30(2,3)4)28(38-8)24(16-22)31(5,6)7/h14-18,21H,9-13,19H2,1-8H3. The van der Waals surface area contributed by atoms with Crippen LogP contribution in [-0.2, 0) is 33.4 Å². The molecule has 1 saturated heterocycles. The molecule has 39 heavy (non-hydrogen) atoms. The number of likely N-dealkylation sites (tertiary alicyclic amines) is 1. The van der Waals surface area contributed by atoms with Crippen LogP contribution in [0.3, 0.4) is 0 Å². The molecule has 2 aromatic heterocycles. The molecule has 0 saturated carbocycles. The second-order valence-electron chi connectivity index (χ2n) is 12.7. The number of carbonyl (C=O) groups is 2.